The summed E-state index contributed by atoms with van der Waals surface area (Å²) < 4.78 is 6.46. The molecular formula is C54H72B3N6S3Y+2. The second-order valence-corrected chi connectivity index (χ2v) is 18.2. The van der Waals surface area contributed by atoms with Crippen LogP contribution in [0.2, 0.25) is 0 Å². The average molecular weight is 1020 g/mol. The molecule has 6 rings (SSSR count). The molecule has 0 saturated carbocycles. The van der Waals surface area contributed by atoms with Crippen LogP contribution in [0.1, 0.15) is 37.5 Å². The van der Waals surface area contributed by atoms with Crippen molar-refractivity contribution in [3.63, 3.8) is 0 Å². The Morgan fingerprint density at radius 3 is 0.896 bits per heavy atom. The zero-order valence-corrected chi connectivity index (χ0v) is 46.8. The van der Waals surface area contributed by atoms with Crippen molar-refractivity contribution in [3.8, 4) is 0 Å². The molecule has 3 heterocycles. The molecule has 0 saturated heterocycles. The second kappa shape index (κ2) is 40.0. The van der Waals surface area contributed by atoms with Gasteiger partial charge in [-0.25, -0.2) is 13.7 Å². The van der Waals surface area contributed by atoms with E-state index in [1.54, 1.807) is 0 Å². The predicted octanol–water partition coefficient (Wildman–Crippen LogP) is 10.1. The van der Waals surface area contributed by atoms with Gasteiger partial charge in [-0.3, -0.25) is 0 Å². The summed E-state index contributed by atoms with van der Waals surface area (Å²) >= 11 is 4.78. The van der Waals surface area contributed by atoms with E-state index in [4.69, 9.17) is 12.6 Å². The Kier molecular flexibility index (Phi) is 36.5. The minimum Gasteiger partial charge on any atom is -0.801 e. The fraction of sp³-hybridized carbons (Fsp3) is 0.278. The third-order valence-corrected chi connectivity index (χ3v) is 11.7. The van der Waals surface area contributed by atoms with Crippen LogP contribution < -0.4 is 28.4 Å². The van der Waals surface area contributed by atoms with Crippen LogP contribution >= 0.6 is 21.6 Å². The summed E-state index contributed by atoms with van der Waals surface area (Å²) in [6.45, 7) is 6.08. The molecule has 0 aliphatic rings. The van der Waals surface area contributed by atoms with E-state index in [9.17, 15) is 0 Å². The fourth-order valence-corrected chi connectivity index (χ4v) is 7.55. The quantitative estimate of drug-likeness (QED) is 0.0279. The molecule has 67 heavy (non-hydrogen) atoms. The van der Waals surface area contributed by atoms with E-state index in [0.717, 1.165) is 36.3 Å². The molecule has 0 amide bonds. The summed E-state index contributed by atoms with van der Waals surface area (Å²) in [4.78, 5) is 6.29. The maximum Gasteiger partial charge on any atom is 0.213 e. The van der Waals surface area contributed by atoms with Crippen LogP contribution in [0.5, 0.6) is 0 Å². The predicted molar refractivity (Wildman–Crippen MR) is 301 cm³/mol. The van der Waals surface area contributed by atoms with Gasteiger partial charge in [0.2, 0.25) is 14.6 Å². The minimum atomic E-state index is 0. The number of aromatic nitrogens is 3. The first-order valence-corrected chi connectivity index (χ1v) is 25.5. The fourth-order valence-electron chi connectivity index (χ4n) is 5.69. The number of hydrogen-bond donors (Lipinski definition) is 0. The van der Waals surface area contributed by atoms with Crippen LogP contribution in [0.15, 0.2) is 183 Å². The molecule has 3 aromatic carbocycles. The first-order chi connectivity index (χ1) is 32.1. The molecule has 6 aromatic rings. The van der Waals surface area contributed by atoms with E-state index >= 15 is 0 Å². The first kappa shape index (κ1) is 61.1. The number of pyridine rings is 3. The van der Waals surface area contributed by atoms with E-state index in [2.05, 4.69) is 190 Å². The van der Waals surface area contributed by atoms with Crippen molar-refractivity contribution in [1.82, 2.24) is 0 Å². The molecule has 0 fully saturated rings. The first-order valence-electron chi connectivity index (χ1n) is 22.4. The Balaban J connectivity index is 0.000000428. The molecule has 6 nitrogen and oxygen atoms in total. The van der Waals surface area contributed by atoms with Gasteiger partial charge >= 0.3 is 0 Å². The SMILES string of the molecule is C/C=C/c1ccc(N(C)C)cc1.C/C=C/c1ccc(N(C)C)cc1.C/C=C/c1ccc(N(C)C)cc1.[B](CSSC[B]C[n+]1ccccc1)C[n+]1ccccc1.[S-]C[B]C[n+]1ccccc1.[Y]. The summed E-state index contributed by atoms with van der Waals surface area (Å²) in [6, 6.07) is 43.8. The van der Waals surface area contributed by atoms with Crippen LogP contribution in [0.4, 0.5) is 17.1 Å². The third kappa shape index (κ3) is 30.2. The topological polar surface area (TPSA) is 21.4 Å². The van der Waals surface area contributed by atoms with Crippen molar-refractivity contribution in [2.24, 2.45) is 0 Å². The normalized spacial score (nSPS) is 10.1. The smallest absolute Gasteiger partial charge is 0.213 e. The zero-order valence-electron chi connectivity index (χ0n) is 41.5. The van der Waals surface area contributed by atoms with E-state index in [1.165, 1.54) is 33.8 Å². The molecule has 4 radical (unpaired) electrons. The largest absolute Gasteiger partial charge is 0.801 e. The number of nitrogens with zero attached hydrogens (tertiary/aromatic N) is 6. The zero-order chi connectivity index (χ0) is 48.0. The number of allylic oxidation sites excluding steroid dienone is 3. The van der Waals surface area contributed by atoms with Crippen molar-refractivity contribution in [3.05, 3.63) is 199 Å². The van der Waals surface area contributed by atoms with Crippen LogP contribution in [0.25, 0.3) is 18.2 Å². The molecular weight excluding hydrogens is 950 g/mol. The van der Waals surface area contributed by atoms with Gasteiger partial charge < -0.3 is 27.3 Å². The van der Waals surface area contributed by atoms with Gasteiger partial charge in [0.15, 0.2) is 44.5 Å². The summed E-state index contributed by atoms with van der Waals surface area (Å²) in [7, 11) is 22.8. The summed E-state index contributed by atoms with van der Waals surface area (Å²) in [5.41, 5.74) is 10.4. The van der Waals surface area contributed by atoms with Crippen molar-refractivity contribution < 1.29 is 46.4 Å². The Hall–Kier alpha value is -3.92. The van der Waals surface area contributed by atoms with Crippen molar-refractivity contribution in [2.75, 3.05) is 73.9 Å². The van der Waals surface area contributed by atoms with Gasteiger partial charge in [-0.05, 0) is 85.2 Å². The van der Waals surface area contributed by atoms with E-state index < -0.39 is 0 Å². The molecule has 3 aromatic heterocycles. The third-order valence-electron chi connectivity index (χ3n) is 9.23. The van der Waals surface area contributed by atoms with Gasteiger partial charge in [-0.2, -0.15) is 5.65 Å². The maximum absolute atomic E-state index is 4.78. The van der Waals surface area contributed by atoms with Gasteiger partial charge in [0.25, 0.3) is 0 Å². The van der Waals surface area contributed by atoms with E-state index in [0.29, 0.717) is 0 Å². The van der Waals surface area contributed by atoms with Gasteiger partial charge in [0, 0.05) is 128 Å². The maximum atomic E-state index is 4.78. The van der Waals surface area contributed by atoms with Gasteiger partial charge in [0.1, 0.15) is 19.3 Å². The van der Waals surface area contributed by atoms with Crippen LogP contribution in [-0.4, -0.2) is 81.1 Å². The summed E-state index contributed by atoms with van der Waals surface area (Å²) in [5.74, 6) is 0. The summed E-state index contributed by atoms with van der Waals surface area (Å²) in [6.07, 6.45) is 27.8. The monoisotopic (exact) mass is 1020 g/mol. The Morgan fingerprint density at radius 2 is 0.672 bits per heavy atom. The van der Waals surface area contributed by atoms with Gasteiger partial charge in [0.05, 0.1) is 0 Å². The van der Waals surface area contributed by atoms with Gasteiger partial charge in [-0.1, -0.05) is 91.1 Å². The Bertz CT molecular complexity index is 1960. The molecule has 0 atom stereocenters. The number of hydrogen-bond acceptors (Lipinski definition) is 6. The van der Waals surface area contributed by atoms with E-state index in [1.807, 2.05) is 146 Å². The van der Waals surface area contributed by atoms with Crippen LogP contribution in [-0.2, 0) is 64.7 Å². The summed E-state index contributed by atoms with van der Waals surface area (Å²) in [5, 5.41) is 0. The van der Waals surface area contributed by atoms with Crippen LogP contribution in [0.3, 0.4) is 0 Å². The van der Waals surface area contributed by atoms with Crippen molar-refractivity contribution in [1.29, 1.82) is 0 Å². The van der Waals surface area contributed by atoms with Crippen molar-refractivity contribution in [2.45, 2.75) is 40.1 Å². The molecule has 13 heteroatoms. The van der Waals surface area contributed by atoms with E-state index in [-0.39, 0.29) is 32.7 Å². The number of benzene rings is 3. The molecule has 0 spiro atoms. The minimum absolute atomic E-state index is 0. The van der Waals surface area contributed by atoms with Crippen molar-refractivity contribution >= 4 is 91.3 Å². The van der Waals surface area contributed by atoms with Gasteiger partial charge in [-0.15, -0.1) is 21.6 Å². The molecule has 0 unspecified atom stereocenters. The Labute approximate surface area is 447 Å². The molecule has 0 N–H and O–H groups in total. The number of anilines is 3. The second-order valence-electron chi connectivity index (χ2n) is 15.3. The standard InChI is InChI=1S/C14H18B2N2S2.3C11H15N.C7H9BNS.Y/c1-3-7-17(8-4-1)11-15-13-19-20-14-16-12-18-9-5-2-6-10-18;3*1-4-5-10-6-8-11(9-7-10)12(2)3;10-7-8-6-9-4-2-1-3-5-9;/h1-10H,11-14H2;3*4-9H,1-3H3;1-5H,6-7H2;/q+2;;;;;/b;3*5-4+;;. The number of rotatable bonds is 18. The van der Waals surface area contributed by atoms with Crippen LogP contribution in [0, 0.1) is 0 Å². The average Bonchev–Trinajstić information content (AvgIpc) is 3.34. The Morgan fingerprint density at radius 1 is 0.418 bits per heavy atom. The molecule has 346 valence electrons. The molecule has 0 aliphatic carbocycles. The molecule has 0 aliphatic heterocycles. The molecule has 0 bridgehead atoms.